The minimum atomic E-state index is -2.70. The van der Waals surface area contributed by atoms with E-state index in [0.717, 1.165) is 0 Å². The molecular weight excluding hydrogens is 190 g/mol. The van der Waals surface area contributed by atoms with Gasteiger partial charge in [-0.3, -0.25) is 9.59 Å². The Hall–Kier alpha value is -0.883. The van der Waals surface area contributed by atoms with Crippen molar-refractivity contribution in [2.45, 2.75) is 26.4 Å². The highest BCUT2D eigenvalue weighted by Gasteiger charge is 2.37. The SMILES string of the molecule is CC(=O)O[Si](C)(CCN)OC(C)=O. The van der Waals surface area contributed by atoms with Crippen LogP contribution in [-0.4, -0.2) is 27.0 Å². The van der Waals surface area contributed by atoms with Gasteiger partial charge in [-0.15, -0.1) is 0 Å². The van der Waals surface area contributed by atoms with Crippen molar-refractivity contribution >= 4 is 20.5 Å². The van der Waals surface area contributed by atoms with Gasteiger partial charge in [0.1, 0.15) is 0 Å². The molecule has 0 aromatic carbocycles. The summed E-state index contributed by atoms with van der Waals surface area (Å²) in [4.78, 5) is 21.4. The molecule has 6 heteroatoms. The Labute approximate surface area is 78.4 Å². The summed E-state index contributed by atoms with van der Waals surface area (Å²) in [6.07, 6.45) is 0. The van der Waals surface area contributed by atoms with E-state index in [9.17, 15) is 9.59 Å². The van der Waals surface area contributed by atoms with Crippen molar-refractivity contribution in [3.63, 3.8) is 0 Å². The summed E-state index contributed by atoms with van der Waals surface area (Å²) >= 11 is 0. The second kappa shape index (κ2) is 4.98. The van der Waals surface area contributed by atoms with Crippen molar-refractivity contribution in [2.24, 2.45) is 5.73 Å². The van der Waals surface area contributed by atoms with Crippen LogP contribution in [0.4, 0.5) is 0 Å². The summed E-state index contributed by atoms with van der Waals surface area (Å²) in [5, 5.41) is 0. The van der Waals surface area contributed by atoms with Gasteiger partial charge < -0.3 is 14.6 Å². The van der Waals surface area contributed by atoms with Crippen molar-refractivity contribution in [3.8, 4) is 0 Å². The van der Waals surface area contributed by atoms with Crippen LogP contribution in [0.25, 0.3) is 0 Å². The first kappa shape index (κ1) is 12.1. The van der Waals surface area contributed by atoms with Crippen molar-refractivity contribution in [3.05, 3.63) is 0 Å². The molecule has 0 rings (SSSR count). The van der Waals surface area contributed by atoms with E-state index in [2.05, 4.69) is 0 Å². The maximum atomic E-state index is 10.7. The molecule has 0 heterocycles. The molecule has 0 radical (unpaired) electrons. The fourth-order valence-corrected chi connectivity index (χ4v) is 2.98. The summed E-state index contributed by atoms with van der Waals surface area (Å²) < 4.78 is 9.93. The number of nitrogens with two attached hydrogens (primary N) is 1. The Morgan fingerprint density at radius 2 is 1.62 bits per heavy atom. The molecule has 0 aromatic rings. The molecule has 0 atom stereocenters. The molecule has 0 aromatic heterocycles. The summed E-state index contributed by atoms with van der Waals surface area (Å²) in [6, 6.07) is 0.423. The molecule has 0 saturated carbocycles. The summed E-state index contributed by atoms with van der Waals surface area (Å²) in [6.45, 7) is 4.54. The van der Waals surface area contributed by atoms with Gasteiger partial charge in [-0.25, -0.2) is 0 Å². The monoisotopic (exact) mass is 205 g/mol. The van der Waals surface area contributed by atoms with Crippen molar-refractivity contribution in [1.82, 2.24) is 0 Å². The van der Waals surface area contributed by atoms with Crippen LogP contribution in [0.2, 0.25) is 12.6 Å². The van der Waals surface area contributed by atoms with Crippen LogP contribution in [0.3, 0.4) is 0 Å². The van der Waals surface area contributed by atoms with Gasteiger partial charge in [0.15, 0.2) is 0 Å². The maximum Gasteiger partial charge on any atom is 0.462 e. The van der Waals surface area contributed by atoms with Crippen LogP contribution in [0.15, 0.2) is 0 Å². The molecule has 0 saturated heterocycles. The van der Waals surface area contributed by atoms with Gasteiger partial charge in [0.25, 0.3) is 11.9 Å². The highest BCUT2D eigenvalue weighted by atomic mass is 28.4. The molecule has 76 valence electrons. The first-order valence-corrected chi connectivity index (χ1v) is 6.51. The lowest BCUT2D eigenvalue weighted by Crippen LogP contribution is -2.43. The molecule has 0 amide bonds. The summed E-state index contributed by atoms with van der Waals surface area (Å²) in [5.41, 5.74) is 5.32. The average molecular weight is 205 g/mol. The normalized spacial score (nSPS) is 10.8. The molecule has 0 aliphatic heterocycles. The molecule has 0 aliphatic rings. The Bertz CT molecular complexity index is 191. The lowest BCUT2D eigenvalue weighted by molar-refractivity contribution is -0.138. The second-order valence-electron chi connectivity index (χ2n) is 2.86. The van der Waals surface area contributed by atoms with Crippen LogP contribution in [0, 0.1) is 0 Å². The van der Waals surface area contributed by atoms with Crippen molar-refractivity contribution in [1.29, 1.82) is 0 Å². The van der Waals surface area contributed by atoms with E-state index >= 15 is 0 Å². The second-order valence-corrected chi connectivity index (χ2v) is 6.04. The van der Waals surface area contributed by atoms with Gasteiger partial charge in [0.05, 0.1) is 0 Å². The van der Waals surface area contributed by atoms with Gasteiger partial charge in [-0.2, -0.15) is 0 Å². The van der Waals surface area contributed by atoms with Gasteiger partial charge in [0, 0.05) is 26.4 Å². The quantitative estimate of drug-likeness (QED) is 0.661. The Morgan fingerprint density at radius 3 is 1.85 bits per heavy atom. The minimum Gasteiger partial charge on any atom is -0.485 e. The number of hydrogen-bond donors (Lipinski definition) is 1. The van der Waals surface area contributed by atoms with E-state index in [1.165, 1.54) is 13.8 Å². The Kier molecular flexibility index (Phi) is 4.64. The molecule has 5 nitrogen and oxygen atoms in total. The third kappa shape index (κ3) is 5.37. The van der Waals surface area contributed by atoms with Crippen LogP contribution in [0.5, 0.6) is 0 Å². The molecule has 0 bridgehead atoms. The smallest absolute Gasteiger partial charge is 0.462 e. The zero-order valence-corrected chi connectivity index (χ0v) is 9.12. The van der Waals surface area contributed by atoms with E-state index < -0.39 is 20.5 Å². The molecule has 0 aliphatic carbocycles. The molecular formula is C7H15NO4Si. The van der Waals surface area contributed by atoms with E-state index in [0.29, 0.717) is 12.6 Å². The van der Waals surface area contributed by atoms with Gasteiger partial charge in [-0.1, -0.05) is 0 Å². The van der Waals surface area contributed by atoms with Crippen LogP contribution < -0.4 is 5.73 Å². The van der Waals surface area contributed by atoms with Crippen molar-refractivity contribution < 1.29 is 18.4 Å². The highest BCUT2D eigenvalue weighted by Crippen LogP contribution is 2.12. The fraction of sp³-hybridized carbons (Fsp3) is 0.714. The lowest BCUT2D eigenvalue weighted by Gasteiger charge is -2.24. The van der Waals surface area contributed by atoms with Crippen molar-refractivity contribution in [2.75, 3.05) is 6.54 Å². The number of rotatable bonds is 4. The standard InChI is InChI=1S/C7H15NO4Si/c1-6(9)11-13(3,5-4-8)12-7(2)10/h4-5,8H2,1-3H3. The zero-order valence-electron chi connectivity index (χ0n) is 8.12. The third-order valence-electron chi connectivity index (χ3n) is 1.32. The van der Waals surface area contributed by atoms with E-state index in [1.54, 1.807) is 6.55 Å². The summed E-state index contributed by atoms with van der Waals surface area (Å²) in [5.74, 6) is -0.882. The minimum absolute atomic E-state index is 0.337. The number of hydrogen-bond acceptors (Lipinski definition) is 5. The lowest BCUT2D eigenvalue weighted by atomic mass is 10.8. The van der Waals surface area contributed by atoms with E-state index in [4.69, 9.17) is 14.6 Å². The molecule has 13 heavy (non-hydrogen) atoms. The molecule has 0 spiro atoms. The Morgan fingerprint density at radius 1 is 1.23 bits per heavy atom. The van der Waals surface area contributed by atoms with Gasteiger partial charge in [-0.05, 0) is 6.54 Å². The molecule has 2 N–H and O–H groups in total. The number of carbonyl (C=O) groups excluding carboxylic acids is 2. The largest absolute Gasteiger partial charge is 0.485 e. The fourth-order valence-electron chi connectivity index (χ4n) is 0.993. The van der Waals surface area contributed by atoms with E-state index in [-0.39, 0.29) is 0 Å². The maximum absolute atomic E-state index is 10.7. The highest BCUT2D eigenvalue weighted by molar-refractivity contribution is 6.69. The zero-order chi connectivity index (χ0) is 10.5. The number of carbonyl (C=O) groups is 2. The topological polar surface area (TPSA) is 78.6 Å². The summed E-state index contributed by atoms with van der Waals surface area (Å²) in [7, 11) is -2.70. The predicted molar refractivity (Wildman–Crippen MR) is 49.0 cm³/mol. The first-order chi connectivity index (χ1) is 5.89. The van der Waals surface area contributed by atoms with Crippen LogP contribution in [0.1, 0.15) is 13.8 Å². The van der Waals surface area contributed by atoms with Gasteiger partial charge >= 0.3 is 8.56 Å². The Balaban J connectivity index is 4.32. The first-order valence-electron chi connectivity index (χ1n) is 3.99. The van der Waals surface area contributed by atoms with E-state index in [1.807, 2.05) is 0 Å². The molecule has 0 fully saturated rings. The predicted octanol–water partition coefficient (Wildman–Crippen LogP) is 0.143. The molecule has 0 unspecified atom stereocenters. The van der Waals surface area contributed by atoms with Crippen LogP contribution in [-0.2, 0) is 18.4 Å². The average Bonchev–Trinajstić information content (AvgIpc) is 1.81. The van der Waals surface area contributed by atoms with Crippen LogP contribution >= 0.6 is 0 Å². The van der Waals surface area contributed by atoms with Gasteiger partial charge in [0.2, 0.25) is 0 Å². The third-order valence-corrected chi connectivity index (χ3v) is 3.95.